The van der Waals surface area contributed by atoms with Gasteiger partial charge in [0.1, 0.15) is 17.9 Å². The molecule has 0 aliphatic carbocycles. The van der Waals surface area contributed by atoms with Crippen LogP contribution in [0.3, 0.4) is 0 Å². The molecule has 1 radical (unpaired) electrons. The molecule has 3 rings (SSSR count). The van der Waals surface area contributed by atoms with Gasteiger partial charge in [0.25, 0.3) is 10.0 Å². The Labute approximate surface area is 159 Å². The molecule has 1 atom stereocenters. The van der Waals surface area contributed by atoms with Crippen molar-refractivity contribution in [1.29, 1.82) is 0 Å². The molecule has 0 saturated heterocycles. The van der Waals surface area contributed by atoms with Crippen molar-refractivity contribution >= 4 is 27.1 Å². The van der Waals surface area contributed by atoms with Crippen molar-refractivity contribution < 1.29 is 21.8 Å². The zero-order valence-electron chi connectivity index (χ0n) is 14.1. The third kappa shape index (κ3) is 4.00. The van der Waals surface area contributed by atoms with E-state index >= 15 is 0 Å². The van der Waals surface area contributed by atoms with Crippen LogP contribution < -0.4 is 4.72 Å². The SMILES string of the molecule is [CH2]c1cc(-c2ccc(F)cc2F)n(S(=O)(=O)c2cccc(N[S+](C)[O-])c2)c1. The van der Waals surface area contributed by atoms with Crippen molar-refractivity contribution in [3.05, 3.63) is 78.8 Å². The summed E-state index contributed by atoms with van der Waals surface area (Å²) < 4.78 is 68.4. The van der Waals surface area contributed by atoms with Crippen LogP contribution in [-0.2, 0) is 21.4 Å². The van der Waals surface area contributed by atoms with E-state index in [1.165, 1.54) is 42.8 Å². The van der Waals surface area contributed by atoms with E-state index in [1.807, 2.05) is 0 Å². The minimum Gasteiger partial charge on any atom is -0.593 e. The highest BCUT2D eigenvalue weighted by atomic mass is 32.2. The summed E-state index contributed by atoms with van der Waals surface area (Å²) in [5, 5.41) is 0. The van der Waals surface area contributed by atoms with Crippen molar-refractivity contribution in [2.24, 2.45) is 0 Å². The van der Waals surface area contributed by atoms with E-state index in [0.29, 0.717) is 17.3 Å². The predicted octanol–water partition coefficient (Wildman–Crippen LogP) is 3.56. The number of rotatable bonds is 5. The Morgan fingerprint density at radius 3 is 2.56 bits per heavy atom. The lowest BCUT2D eigenvalue weighted by molar-refractivity contribution is 0.583. The van der Waals surface area contributed by atoms with Gasteiger partial charge in [-0.3, -0.25) is 0 Å². The van der Waals surface area contributed by atoms with Crippen molar-refractivity contribution in [3.63, 3.8) is 0 Å². The molecule has 0 aliphatic rings. The lowest BCUT2D eigenvalue weighted by atomic mass is 10.1. The molecular weight excluding hydrogens is 394 g/mol. The first-order chi connectivity index (χ1) is 12.7. The average molecular weight is 409 g/mol. The maximum absolute atomic E-state index is 14.2. The number of hydrogen-bond acceptors (Lipinski definition) is 4. The molecule has 1 aromatic heterocycles. The van der Waals surface area contributed by atoms with Gasteiger partial charge in [-0.25, -0.2) is 25.9 Å². The van der Waals surface area contributed by atoms with Crippen molar-refractivity contribution in [3.8, 4) is 11.3 Å². The van der Waals surface area contributed by atoms with Crippen LogP contribution in [0.1, 0.15) is 5.56 Å². The number of nitrogens with zero attached hydrogens (tertiary/aromatic N) is 1. The summed E-state index contributed by atoms with van der Waals surface area (Å²) in [4.78, 5) is -0.0858. The number of halogens is 2. The number of hydrogen-bond donors (Lipinski definition) is 1. The molecule has 5 nitrogen and oxygen atoms in total. The van der Waals surface area contributed by atoms with E-state index in [1.54, 1.807) is 6.07 Å². The lowest BCUT2D eigenvalue weighted by Crippen LogP contribution is -2.15. The Morgan fingerprint density at radius 1 is 1.15 bits per heavy atom. The zero-order chi connectivity index (χ0) is 19.8. The molecule has 0 spiro atoms. The maximum Gasteiger partial charge on any atom is 0.268 e. The van der Waals surface area contributed by atoms with E-state index in [2.05, 4.69) is 11.6 Å². The van der Waals surface area contributed by atoms with Gasteiger partial charge >= 0.3 is 0 Å². The fourth-order valence-electron chi connectivity index (χ4n) is 2.59. The minimum atomic E-state index is -4.10. The summed E-state index contributed by atoms with van der Waals surface area (Å²) in [6.45, 7) is 3.70. The molecule has 27 heavy (non-hydrogen) atoms. The van der Waals surface area contributed by atoms with Gasteiger partial charge in [-0.15, -0.1) is 0 Å². The Kier molecular flexibility index (Phi) is 5.27. The first kappa shape index (κ1) is 19.4. The second-order valence-electron chi connectivity index (χ2n) is 5.74. The minimum absolute atomic E-state index is 0.0231. The second-order valence-corrected chi connectivity index (χ2v) is 8.67. The maximum atomic E-state index is 14.2. The smallest absolute Gasteiger partial charge is 0.268 e. The average Bonchev–Trinajstić information content (AvgIpc) is 2.97. The third-order valence-electron chi connectivity index (χ3n) is 3.70. The molecule has 141 valence electrons. The summed E-state index contributed by atoms with van der Waals surface area (Å²) in [5.74, 6) is -1.65. The second kappa shape index (κ2) is 7.34. The molecule has 3 aromatic rings. The Balaban J connectivity index is 2.14. The molecule has 0 saturated carbocycles. The van der Waals surface area contributed by atoms with Crippen LogP contribution in [0.2, 0.25) is 0 Å². The number of nitrogens with one attached hydrogen (secondary N) is 1. The summed E-state index contributed by atoms with van der Waals surface area (Å²) in [6, 6.07) is 10.1. The van der Waals surface area contributed by atoms with Gasteiger partial charge in [0, 0.05) is 17.8 Å². The molecule has 9 heteroatoms. The standard InChI is InChI=1S/C18H15F2N2O3S2/c1-12-8-18(16-7-6-13(19)9-17(16)20)22(11-12)27(24,25)15-5-3-4-14(10-15)21-26(2)23/h3-11,21H,1H2,2H3. The van der Waals surface area contributed by atoms with E-state index in [-0.39, 0.29) is 16.2 Å². The zero-order valence-corrected chi connectivity index (χ0v) is 15.8. The lowest BCUT2D eigenvalue weighted by Gasteiger charge is -2.13. The van der Waals surface area contributed by atoms with Gasteiger partial charge in [0.15, 0.2) is 0 Å². The monoisotopic (exact) mass is 409 g/mol. The summed E-state index contributed by atoms with van der Waals surface area (Å²) >= 11 is -1.38. The first-order valence-electron chi connectivity index (χ1n) is 7.64. The Morgan fingerprint density at radius 2 is 1.89 bits per heavy atom. The topological polar surface area (TPSA) is 74.2 Å². The Bertz CT molecular complexity index is 1100. The summed E-state index contributed by atoms with van der Waals surface area (Å²) in [7, 11) is -4.10. The fraction of sp³-hybridized carbons (Fsp3) is 0.0556. The van der Waals surface area contributed by atoms with Crippen molar-refractivity contribution in [1.82, 2.24) is 3.97 Å². The quantitative estimate of drug-likeness (QED) is 0.654. The number of aromatic nitrogens is 1. The Hall–Kier alpha value is -2.36. The molecule has 0 bridgehead atoms. The third-order valence-corrected chi connectivity index (χ3v) is 5.89. The van der Waals surface area contributed by atoms with Gasteiger partial charge < -0.3 is 4.55 Å². The molecule has 1 unspecified atom stereocenters. The van der Waals surface area contributed by atoms with Crippen LogP contribution in [0, 0.1) is 18.6 Å². The van der Waals surface area contributed by atoms with E-state index in [9.17, 15) is 21.8 Å². The molecule has 0 fully saturated rings. The normalized spacial score (nSPS) is 12.8. The fourth-order valence-corrected chi connectivity index (χ4v) is 4.49. The van der Waals surface area contributed by atoms with E-state index < -0.39 is 33.0 Å². The van der Waals surface area contributed by atoms with Gasteiger partial charge in [-0.05, 0) is 48.9 Å². The van der Waals surface area contributed by atoms with Gasteiger partial charge in [-0.2, -0.15) is 0 Å². The summed E-state index contributed by atoms with van der Waals surface area (Å²) in [5.41, 5.74) is 0.656. The number of benzene rings is 2. The van der Waals surface area contributed by atoms with Crippen LogP contribution >= 0.6 is 0 Å². The van der Waals surface area contributed by atoms with Crippen LogP contribution in [0.15, 0.2) is 59.6 Å². The molecule has 2 aromatic carbocycles. The van der Waals surface area contributed by atoms with Crippen molar-refractivity contribution in [2.75, 3.05) is 11.0 Å². The predicted molar refractivity (Wildman–Crippen MR) is 101 cm³/mol. The largest absolute Gasteiger partial charge is 0.593 e. The van der Waals surface area contributed by atoms with Crippen LogP contribution in [0.25, 0.3) is 11.3 Å². The van der Waals surface area contributed by atoms with Gasteiger partial charge in [-0.1, -0.05) is 6.07 Å². The van der Waals surface area contributed by atoms with E-state index in [4.69, 9.17) is 0 Å². The van der Waals surface area contributed by atoms with Gasteiger partial charge in [0.05, 0.1) is 27.6 Å². The highest BCUT2D eigenvalue weighted by Crippen LogP contribution is 2.30. The summed E-state index contributed by atoms with van der Waals surface area (Å²) in [6.07, 6.45) is 2.67. The molecular formula is C18H15F2N2O3S2. The highest BCUT2D eigenvalue weighted by Gasteiger charge is 2.23. The molecule has 1 heterocycles. The van der Waals surface area contributed by atoms with Crippen LogP contribution in [-0.4, -0.2) is 23.2 Å². The molecule has 0 amide bonds. The van der Waals surface area contributed by atoms with Crippen LogP contribution in [0.4, 0.5) is 14.5 Å². The molecule has 0 aliphatic heterocycles. The molecule has 1 N–H and O–H groups in total. The highest BCUT2D eigenvalue weighted by molar-refractivity contribution is 7.92. The van der Waals surface area contributed by atoms with E-state index in [0.717, 1.165) is 10.0 Å². The van der Waals surface area contributed by atoms with Gasteiger partial charge in [0.2, 0.25) is 0 Å². The first-order valence-corrected chi connectivity index (χ1v) is 10.6. The number of anilines is 1. The van der Waals surface area contributed by atoms with Crippen molar-refractivity contribution in [2.45, 2.75) is 4.90 Å². The van der Waals surface area contributed by atoms with Crippen LogP contribution in [0.5, 0.6) is 0 Å².